The molecule has 6 heteroatoms. The van der Waals surface area contributed by atoms with Gasteiger partial charge in [0.05, 0.1) is 6.04 Å². The first-order chi connectivity index (χ1) is 10.9. The molecule has 0 spiro atoms. The van der Waals surface area contributed by atoms with Gasteiger partial charge in [-0.2, -0.15) is 0 Å². The number of aryl methyl sites for hydroxylation is 1. The summed E-state index contributed by atoms with van der Waals surface area (Å²) in [6.07, 6.45) is 3.05. The van der Waals surface area contributed by atoms with Crippen molar-refractivity contribution >= 4 is 23.7 Å². The zero-order valence-electron chi connectivity index (χ0n) is 13.0. The monoisotopic (exact) mass is 313 g/mol. The zero-order chi connectivity index (χ0) is 16.8. The van der Waals surface area contributed by atoms with Crippen LogP contribution in [0.4, 0.5) is 10.5 Å². The highest BCUT2D eigenvalue weighted by molar-refractivity contribution is 5.91. The second kappa shape index (κ2) is 7.31. The number of nitrogens with one attached hydrogen (secondary N) is 2. The van der Waals surface area contributed by atoms with Gasteiger partial charge in [0.15, 0.2) is 0 Å². The van der Waals surface area contributed by atoms with E-state index in [0.29, 0.717) is 11.4 Å². The van der Waals surface area contributed by atoms with Crippen molar-refractivity contribution in [2.75, 3.05) is 5.32 Å². The maximum Gasteiger partial charge on any atom is 0.316 e. The predicted molar refractivity (Wildman–Crippen MR) is 88.7 cm³/mol. The summed E-state index contributed by atoms with van der Waals surface area (Å²) in [5.74, 6) is 1.21. The van der Waals surface area contributed by atoms with Gasteiger partial charge in [-0.1, -0.05) is 12.1 Å². The van der Waals surface area contributed by atoms with Crippen LogP contribution in [0.5, 0.6) is 0 Å². The molecule has 1 atom stereocenters. The highest BCUT2D eigenvalue weighted by Crippen LogP contribution is 2.16. The number of rotatable bonds is 5. The normalized spacial score (nSPS) is 12.1. The summed E-state index contributed by atoms with van der Waals surface area (Å²) in [6, 6.07) is 9.93. The molecule has 0 fully saturated rings. The number of amides is 3. The minimum Gasteiger partial charge on any atom is -0.462 e. The fraction of sp³-hybridized carbons (Fsp3) is 0.176. The summed E-state index contributed by atoms with van der Waals surface area (Å²) in [6.45, 7) is 3.72. The molecule has 0 aliphatic carbocycles. The molecular weight excluding hydrogens is 294 g/mol. The molecule has 120 valence electrons. The molecule has 0 bridgehead atoms. The topological polar surface area (TPSA) is 97.4 Å². The van der Waals surface area contributed by atoms with Crippen molar-refractivity contribution in [2.45, 2.75) is 19.9 Å². The predicted octanol–water partition coefficient (Wildman–Crippen LogP) is 2.97. The van der Waals surface area contributed by atoms with Gasteiger partial charge in [0, 0.05) is 11.8 Å². The van der Waals surface area contributed by atoms with Gasteiger partial charge in [-0.3, -0.25) is 4.79 Å². The summed E-state index contributed by atoms with van der Waals surface area (Å²) in [7, 11) is 0. The van der Waals surface area contributed by atoms with Gasteiger partial charge in [0.25, 0.3) is 0 Å². The second-order valence-electron chi connectivity index (χ2n) is 5.12. The quantitative estimate of drug-likeness (QED) is 0.740. The van der Waals surface area contributed by atoms with Crippen LogP contribution in [0.3, 0.4) is 0 Å². The third kappa shape index (κ3) is 5.03. The number of carbonyl (C=O) groups is 2. The van der Waals surface area contributed by atoms with Crippen molar-refractivity contribution in [3.05, 3.63) is 59.6 Å². The van der Waals surface area contributed by atoms with Crippen molar-refractivity contribution < 1.29 is 14.0 Å². The van der Waals surface area contributed by atoms with Gasteiger partial charge in [-0.25, -0.2) is 4.79 Å². The second-order valence-corrected chi connectivity index (χ2v) is 5.12. The van der Waals surface area contributed by atoms with E-state index in [1.54, 1.807) is 24.3 Å². The van der Waals surface area contributed by atoms with Gasteiger partial charge in [-0.05, 0) is 49.8 Å². The molecule has 0 aliphatic heterocycles. The first-order valence-electron chi connectivity index (χ1n) is 7.15. The molecule has 1 aromatic heterocycles. The van der Waals surface area contributed by atoms with Gasteiger partial charge in [-0.15, -0.1) is 0 Å². The lowest BCUT2D eigenvalue weighted by atomic mass is 10.1. The van der Waals surface area contributed by atoms with Crippen LogP contribution >= 0.6 is 0 Å². The standard InChI is InChI=1S/C17H19N3O3/c1-11-3-8-15(23-11)9-10-16(21)19-12(2)13-4-6-14(7-5-13)20-17(18)22/h3-10,12H,1-2H3,(H,19,21)(H3,18,20,22)/b10-9-/t12-/m1/s1. The fourth-order valence-electron chi connectivity index (χ4n) is 2.04. The van der Waals surface area contributed by atoms with Crippen molar-refractivity contribution in [3.8, 4) is 0 Å². The molecule has 2 rings (SSSR count). The Kier molecular flexibility index (Phi) is 5.19. The molecule has 1 aromatic carbocycles. The van der Waals surface area contributed by atoms with Crippen molar-refractivity contribution in [1.29, 1.82) is 0 Å². The molecule has 0 saturated heterocycles. The molecule has 2 aromatic rings. The van der Waals surface area contributed by atoms with E-state index >= 15 is 0 Å². The Morgan fingerprint density at radius 1 is 1.17 bits per heavy atom. The summed E-state index contributed by atoms with van der Waals surface area (Å²) < 4.78 is 5.36. The Balaban J connectivity index is 1.92. The van der Waals surface area contributed by atoms with E-state index < -0.39 is 6.03 Å². The van der Waals surface area contributed by atoms with Gasteiger partial charge in [0.1, 0.15) is 11.5 Å². The number of carbonyl (C=O) groups excluding carboxylic acids is 2. The minimum atomic E-state index is -0.614. The van der Waals surface area contributed by atoms with E-state index in [1.807, 2.05) is 32.0 Å². The number of nitrogens with two attached hydrogens (primary N) is 1. The largest absolute Gasteiger partial charge is 0.462 e. The maximum absolute atomic E-state index is 11.9. The van der Waals surface area contributed by atoms with Crippen molar-refractivity contribution in [2.24, 2.45) is 5.73 Å². The molecular formula is C17H19N3O3. The molecule has 6 nitrogen and oxygen atoms in total. The Morgan fingerprint density at radius 3 is 2.43 bits per heavy atom. The van der Waals surface area contributed by atoms with Crippen LogP contribution in [0.2, 0.25) is 0 Å². The van der Waals surface area contributed by atoms with Crippen LogP contribution in [0.15, 0.2) is 46.9 Å². The number of urea groups is 1. The van der Waals surface area contributed by atoms with E-state index in [0.717, 1.165) is 11.3 Å². The fourth-order valence-corrected chi connectivity index (χ4v) is 2.04. The van der Waals surface area contributed by atoms with E-state index in [-0.39, 0.29) is 11.9 Å². The van der Waals surface area contributed by atoms with Crippen molar-refractivity contribution in [1.82, 2.24) is 5.32 Å². The highest BCUT2D eigenvalue weighted by Gasteiger charge is 2.08. The third-order valence-electron chi connectivity index (χ3n) is 3.20. The molecule has 1 heterocycles. The molecule has 3 amide bonds. The Morgan fingerprint density at radius 2 is 1.87 bits per heavy atom. The Labute approximate surface area is 134 Å². The zero-order valence-corrected chi connectivity index (χ0v) is 13.0. The van der Waals surface area contributed by atoms with Crippen molar-refractivity contribution in [3.63, 3.8) is 0 Å². The lowest BCUT2D eigenvalue weighted by molar-refractivity contribution is -0.117. The van der Waals surface area contributed by atoms with Crippen LogP contribution < -0.4 is 16.4 Å². The summed E-state index contributed by atoms with van der Waals surface area (Å²) in [5.41, 5.74) is 6.57. The minimum absolute atomic E-state index is 0.173. The maximum atomic E-state index is 11.9. The molecule has 0 aliphatic rings. The molecule has 23 heavy (non-hydrogen) atoms. The summed E-state index contributed by atoms with van der Waals surface area (Å²) >= 11 is 0. The summed E-state index contributed by atoms with van der Waals surface area (Å²) in [4.78, 5) is 22.7. The average Bonchev–Trinajstić information content (AvgIpc) is 2.91. The smallest absolute Gasteiger partial charge is 0.316 e. The number of furan rings is 1. The van der Waals surface area contributed by atoms with Gasteiger partial charge in [0.2, 0.25) is 5.91 Å². The summed E-state index contributed by atoms with van der Waals surface area (Å²) in [5, 5.41) is 5.34. The number of benzene rings is 1. The van der Waals surface area contributed by atoms with Gasteiger partial charge < -0.3 is 20.8 Å². The van der Waals surface area contributed by atoms with Gasteiger partial charge >= 0.3 is 6.03 Å². The molecule has 0 saturated carbocycles. The SMILES string of the molecule is Cc1ccc(/C=C\C(=O)N[C@H](C)c2ccc(NC(N)=O)cc2)o1. The molecule has 0 radical (unpaired) electrons. The highest BCUT2D eigenvalue weighted by atomic mass is 16.3. The Bertz CT molecular complexity index is 717. The molecule has 4 N–H and O–H groups in total. The van der Waals surface area contributed by atoms with E-state index in [9.17, 15) is 9.59 Å². The van der Waals surface area contributed by atoms with Crippen LogP contribution in [-0.2, 0) is 4.79 Å². The number of hydrogen-bond acceptors (Lipinski definition) is 3. The number of hydrogen-bond donors (Lipinski definition) is 3. The third-order valence-corrected chi connectivity index (χ3v) is 3.20. The van der Waals surface area contributed by atoms with Crippen LogP contribution in [0.1, 0.15) is 30.0 Å². The van der Waals surface area contributed by atoms with Crippen LogP contribution in [0.25, 0.3) is 6.08 Å². The number of anilines is 1. The van der Waals surface area contributed by atoms with E-state index in [1.165, 1.54) is 6.08 Å². The van der Waals surface area contributed by atoms with Crippen LogP contribution in [-0.4, -0.2) is 11.9 Å². The lowest BCUT2D eigenvalue weighted by Crippen LogP contribution is -2.24. The first-order valence-corrected chi connectivity index (χ1v) is 7.15. The Hall–Kier alpha value is -3.02. The van der Waals surface area contributed by atoms with E-state index in [2.05, 4.69) is 10.6 Å². The number of primary amides is 1. The average molecular weight is 313 g/mol. The van der Waals surface area contributed by atoms with Crippen LogP contribution in [0, 0.1) is 6.92 Å². The molecule has 0 unspecified atom stereocenters. The lowest BCUT2D eigenvalue weighted by Gasteiger charge is -2.13. The first kappa shape index (κ1) is 16.4. The van der Waals surface area contributed by atoms with E-state index in [4.69, 9.17) is 10.2 Å².